The van der Waals surface area contributed by atoms with Gasteiger partial charge < -0.3 is 23.8 Å². The molecule has 4 rings (SSSR count). The molecular formula is C29H27ClN2O6S. The molecule has 3 aromatic carbocycles. The molecule has 39 heavy (non-hydrogen) atoms. The van der Waals surface area contributed by atoms with Gasteiger partial charge >= 0.3 is 5.97 Å². The molecule has 1 aliphatic rings. The summed E-state index contributed by atoms with van der Waals surface area (Å²) in [4.78, 5) is 28.6. The Morgan fingerprint density at radius 2 is 1.74 bits per heavy atom. The number of nitrogens with zero attached hydrogens (tertiary/aromatic N) is 2. The Hall–Kier alpha value is -4.08. The first kappa shape index (κ1) is 27.9. The van der Waals surface area contributed by atoms with Gasteiger partial charge in [0.2, 0.25) is 0 Å². The molecule has 0 unspecified atom stereocenters. The summed E-state index contributed by atoms with van der Waals surface area (Å²) >= 11 is 11.9. The summed E-state index contributed by atoms with van der Waals surface area (Å²) in [5.41, 5.74) is 2.26. The second kappa shape index (κ2) is 12.6. The van der Waals surface area contributed by atoms with Crippen molar-refractivity contribution in [1.82, 2.24) is 4.90 Å². The van der Waals surface area contributed by atoms with E-state index in [1.54, 1.807) is 61.7 Å². The average molecular weight is 567 g/mol. The molecule has 1 fully saturated rings. The average Bonchev–Trinajstić information content (AvgIpc) is 3.17. The Morgan fingerprint density at radius 3 is 2.41 bits per heavy atom. The lowest BCUT2D eigenvalue weighted by Gasteiger charge is -2.19. The first-order chi connectivity index (χ1) is 18.9. The third kappa shape index (κ3) is 6.32. The molecule has 1 heterocycles. The van der Waals surface area contributed by atoms with Gasteiger partial charge in [-0.25, -0.2) is 0 Å². The van der Waals surface area contributed by atoms with Crippen molar-refractivity contribution < 1.29 is 28.5 Å². The highest BCUT2D eigenvalue weighted by atomic mass is 35.5. The van der Waals surface area contributed by atoms with Crippen LogP contribution in [0, 0.1) is 0 Å². The molecule has 1 aliphatic heterocycles. The molecule has 0 N–H and O–H groups in total. The molecule has 3 aromatic rings. The van der Waals surface area contributed by atoms with Crippen LogP contribution in [0.5, 0.6) is 17.2 Å². The van der Waals surface area contributed by atoms with E-state index in [-0.39, 0.29) is 29.9 Å². The van der Waals surface area contributed by atoms with Crippen LogP contribution in [0.25, 0.3) is 6.08 Å². The predicted octanol–water partition coefficient (Wildman–Crippen LogP) is 5.47. The minimum Gasteiger partial charge on any atom is -0.497 e. The third-order valence-electron chi connectivity index (χ3n) is 5.89. The highest BCUT2D eigenvalue weighted by molar-refractivity contribution is 7.80. The number of rotatable bonds is 10. The summed E-state index contributed by atoms with van der Waals surface area (Å²) in [6, 6.07) is 19.7. The van der Waals surface area contributed by atoms with E-state index in [4.69, 9.17) is 42.8 Å². The zero-order chi connectivity index (χ0) is 27.9. The summed E-state index contributed by atoms with van der Waals surface area (Å²) in [7, 11) is 2.84. The van der Waals surface area contributed by atoms with Crippen LogP contribution in [0.2, 0.25) is 5.02 Å². The van der Waals surface area contributed by atoms with Crippen molar-refractivity contribution in [3.05, 3.63) is 88.6 Å². The number of ether oxygens (including phenoxy) is 4. The van der Waals surface area contributed by atoms with Crippen LogP contribution in [-0.2, 0) is 20.9 Å². The Labute approximate surface area is 237 Å². The number of hydrogen-bond acceptors (Lipinski definition) is 7. The van der Waals surface area contributed by atoms with Crippen LogP contribution in [0.3, 0.4) is 0 Å². The van der Waals surface area contributed by atoms with Gasteiger partial charge in [-0.1, -0.05) is 35.9 Å². The normalized spacial score (nSPS) is 14.1. The van der Waals surface area contributed by atoms with Gasteiger partial charge in [0.25, 0.3) is 5.91 Å². The summed E-state index contributed by atoms with van der Waals surface area (Å²) in [5.74, 6) is 0.743. The van der Waals surface area contributed by atoms with Crippen molar-refractivity contribution in [2.24, 2.45) is 0 Å². The number of anilines is 1. The SMILES string of the molecule is CCOc1cc(/C=C2/C(=O)N(c3ccc(OC)cc3)C(=S)N2CC(=O)OC)ccc1OCc1ccccc1Cl. The Kier molecular flexibility index (Phi) is 9.06. The fourth-order valence-corrected chi connectivity index (χ4v) is 4.46. The van der Waals surface area contributed by atoms with Gasteiger partial charge in [-0.05, 0) is 73.2 Å². The van der Waals surface area contributed by atoms with E-state index in [1.807, 2.05) is 25.1 Å². The van der Waals surface area contributed by atoms with Crippen LogP contribution in [-0.4, -0.2) is 49.3 Å². The lowest BCUT2D eigenvalue weighted by atomic mass is 10.1. The monoisotopic (exact) mass is 566 g/mol. The first-order valence-corrected chi connectivity index (χ1v) is 12.9. The fourth-order valence-electron chi connectivity index (χ4n) is 3.92. The second-order valence-electron chi connectivity index (χ2n) is 8.33. The van der Waals surface area contributed by atoms with Crippen LogP contribution in [0.15, 0.2) is 72.4 Å². The van der Waals surface area contributed by atoms with Crippen molar-refractivity contribution in [1.29, 1.82) is 0 Å². The summed E-state index contributed by atoms with van der Waals surface area (Å²) < 4.78 is 21.9. The van der Waals surface area contributed by atoms with Gasteiger partial charge in [0.1, 0.15) is 24.6 Å². The molecule has 0 bridgehead atoms. The molecule has 0 atom stereocenters. The van der Waals surface area contributed by atoms with Crippen molar-refractivity contribution in [2.45, 2.75) is 13.5 Å². The molecule has 8 nitrogen and oxygen atoms in total. The topological polar surface area (TPSA) is 77.5 Å². The molecule has 1 amide bonds. The molecule has 10 heteroatoms. The number of thiocarbonyl (C=S) groups is 1. The molecule has 0 aromatic heterocycles. The summed E-state index contributed by atoms with van der Waals surface area (Å²) in [6.07, 6.45) is 1.65. The number of carbonyl (C=O) groups is 2. The zero-order valence-corrected chi connectivity index (χ0v) is 23.3. The molecule has 0 radical (unpaired) electrons. The Morgan fingerprint density at radius 1 is 1.00 bits per heavy atom. The minimum atomic E-state index is -0.536. The minimum absolute atomic E-state index is 0.159. The van der Waals surface area contributed by atoms with Gasteiger partial charge in [0.05, 0.1) is 26.5 Å². The van der Waals surface area contributed by atoms with Crippen LogP contribution < -0.4 is 19.1 Å². The lowest BCUT2D eigenvalue weighted by Crippen LogP contribution is -2.35. The summed E-state index contributed by atoms with van der Waals surface area (Å²) in [6.45, 7) is 2.31. The van der Waals surface area contributed by atoms with Crippen LogP contribution >= 0.6 is 23.8 Å². The standard InChI is InChI=1S/C29H27ClN2O6S/c1-4-37-26-16-19(9-14-25(26)38-18-20-7-5-6-8-23(20)30)15-24-28(34)32(21-10-12-22(35-2)13-11-21)29(39)31(24)17-27(33)36-3/h5-16H,4,17-18H2,1-3H3/b24-15-. The van der Waals surface area contributed by atoms with E-state index in [0.717, 1.165) is 5.56 Å². The predicted molar refractivity (Wildman–Crippen MR) is 153 cm³/mol. The second-order valence-corrected chi connectivity index (χ2v) is 9.10. The van der Waals surface area contributed by atoms with Crippen LogP contribution in [0.4, 0.5) is 5.69 Å². The number of amides is 1. The number of esters is 1. The van der Waals surface area contributed by atoms with Crippen molar-refractivity contribution >= 4 is 52.6 Å². The highest BCUT2D eigenvalue weighted by Gasteiger charge is 2.40. The van der Waals surface area contributed by atoms with Crippen LogP contribution in [0.1, 0.15) is 18.1 Å². The Bertz CT molecular complexity index is 1410. The van der Waals surface area contributed by atoms with E-state index in [9.17, 15) is 9.59 Å². The number of halogens is 1. The van der Waals surface area contributed by atoms with Crippen molar-refractivity contribution in [3.63, 3.8) is 0 Å². The lowest BCUT2D eigenvalue weighted by molar-refractivity contribution is -0.140. The zero-order valence-electron chi connectivity index (χ0n) is 21.7. The van der Waals surface area contributed by atoms with Crippen molar-refractivity contribution in [3.8, 4) is 17.2 Å². The summed E-state index contributed by atoms with van der Waals surface area (Å²) in [5, 5.41) is 0.770. The maximum absolute atomic E-state index is 13.6. The smallest absolute Gasteiger partial charge is 0.325 e. The molecule has 0 aliphatic carbocycles. The largest absolute Gasteiger partial charge is 0.497 e. The molecule has 1 saturated heterocycles. The van der Waals surface area contributed by atoms with Gasteiger partial charge in [-0.15, -0.1) is 0 Å². The van der Waals surface area contributed by atoms with Crippen molar-refractivity contribution in [2.75, 3.05) is 32.3 Å². The van der Waals surface area contributed by atoms with Gasteiger partial charge in [0.15, 0.2) is 16.6 Å². The van der Waals surface area contributed by atoms with E-state index >= 15 is 0 Å². The molecule has 0 spiro atoms. The maximum Gasteiger partial charge on any atom is 0.325 e. The Balaban J connectivity index is 1.67. The van der Waals surface area contributed by atoms with Gasteiger partial charge in [-0.2, -0.15) is 0 Å². The molecular weight excluding hydrogens is 540 g/mol. The maximum atomic E-state index is 13.6. The third-order valence-corrected chi connectivity index (χ3v) is 6.66. The number of hydrogen-bond donors (Lipinski definition) is 0. The number of methoxy groups -OCH3 is 2. The first-order valence-electron chi connectivity index (χ1n) is 12.1. The van der Waals surface area contributed by atoms with E-state index in [0.29, 0.717) is 40.1 Å². The molecule has 0 saturated carbocycles. The quantitative estimate of drug-likeness (QED) is 0.181. The van der Waals surface area contributed by atoms with Gasteiger partial charge in [-0.3, -0.25) is 14.5 Å². The van der Waals surface area contributed by atoms with E-state index in [1.165, 1.54) is 16.9 Å². The van der Waals surface area contributed by atoms with E-state index < -0.39 is 5.97 Å². The number of carbonyl (C=O) groups excluding carboxylic acids is 2. The highest BCUT2D eigenvalue weighted by Crippen LogP contribution is 2.34. The number of benzene rings is 3. The fraction of sp³-hybridized carbons (Fsp3) is 0.207. The van der Waals surface area contributed by atoms with Gasteiger partial charge in [0, 0.05) is 10.6 Å². The molecule has 202 valence electrons. The van der Waals surface area contributed by atoms with E-state index in [2.05, 4.69) is 0 Å².